The van der Waals surface area contributed by atoms with E-state index in [0.717, 1.165) is 29.9 Å². The van der Waals surface area contributed by atoms with Crippen molar-refractivity contribution in [3.05, 3.63) is 35.4 Å². The van der Waals surface area contributed by atoms with Crippen LogP contribution < -0.4 is 0 Å². The molecule has 1 N–H and O–H groups in total. The van der Waals surface area contributed by atoms with Gasteiger partial charge in [-0.2, -0.15) is 11.8 Å². The summed E-state index contributed by atoms with van der Waals surface area (Å²) in [5.41, 5.74) is 2.37. The lowest BCUT2D eigenvalue weighted by Crippen LogP contribution is -1.99. The number of aliphatic hydroxyl groups excluding tert-OH is 1. The third kappa shape index (κ3) is 4.27. The summed E-state index contributed by atoms with van der Waals surface area (Å²) in [4.78, 5) is 0. The molecule has 0 radical (unpaired) electrons. The Morgan fingerprint density at radius 1 is 1.20 bits per heavy atom. The fourth-order valence-electron chi connectivity index (χ4n) is 1.48. The van der Waals surface area contributed by atoms with E-state index in [9.17, 15) is 5.11 Å². The second kappa shape index (κ2) is 6.91. The smallest absolute Gasteiger partial charge is 0.0797 e. The van der Waals surface area contributed by atoms with Crippen molar-refractivity contribution < 1.29 is 5.11 Å². The zero-order valence-electron chi connectivity index (χ0n) is 9.57. The van der Waals surface area contributed by atoms with Crippen LogP contribution in [0, 0.1) is 0 Å². The Morgan fingerprint density at radius 3 is 2.40 bits per heavy atom. The monoisotopic (exact) mass is 224 g/mol. The molecule has 2 heteroatoms. The standard InChI is InChI=1S/C13H20OS/c1-3-11-5-7-12(8-6-11)13(14)9-10-15-4-2/h5-8,13-14H,3-4,9-10H2,1-2H3. The Kier molecular flexibility index (Phi) is 5.81. The number of aryl methyl sites for hydroxylation is 1. The summed E-state index contributed by atoms with van der Waals surface area (Å²) in [6, 6.07) is 8.29. The highest BCUT2D eigenvalue weighted by Crippen LogP contribution is 2.19. The molecule has 0 saturated carbocycles. The van der Waals surface area contributed by atoms with E-state index in [4.69, 9.17) is 0 Å². The number of rotatable bonds is 6. The van der Waals surface area contributed by atoms with Gasteiger partial charge in [0.05, 0.1) is 6.10 Å². The molecule has 0 aliphatic heterocycles. The van der Waals surface area contributed by atoms with Crippen LogP contribution in [0.3, 0.4) is 0 Å². The Labute approximate surface area is 96.9 Å². The Bertz CT molecular complexity index is 268. The van der Waals surface area contributed by atoms with E-state index < -0.39 is 0 Å². The molecule has 15 heavy (non-hydrogen) atoms. The average Bonchev–Trinajstić information content (AvgIpc) is 2.29. The Hall–Kier alpha value is -0.470. The second-order valence-corrected chi connectivity index (χ2v) is 4.99. The summed E-state index contributed by atoms with van der Waals surface area (Å²) in [5.74, 6) is 2.16. The van der Waals surface area contributed by atoms with Gasteiger partial charge in [0.1, 0.15) is 0 Å². The summed E-state index contributed by atoms with van der Waals surface area (Å²) >= 11 is 1.88. The Morgan fingerprint density at radius 2 is 1.87 bits per heavy atom. The third-order valence-electron chi connectivity index (χ3n) is 2.51. The average molecular weight is 224 g/mol. The van der Waals surface area contributed by atoms with E-state index in [1.54, 1.807) is 0 Å². The van der Waals surface area contributed by atoms with Crippen molar-refractivity contribution >= 4 is 11.8 Å². The van der Waals surface area contributed by atoms with Gasteiger partial charge in [-0.15, -0.1) is 0 Å². The SMILES string of the molecule is CCSCCC(O)c1ccc(CC)cc1. The van der Waals surface area contributed by atoms with Crippen molar-refractivity contribution in [3.8, 4) is 0 Å². The summed E-state index contributed by atoms with van der Waals surface area (Å²) in [7, 11) is 0. The molecule has 1 rings (SSSR count). The van der Waals surface area contributed by atoms with Crippen LogP contribution >= 0.6 is 11.8 Å². The molecular weight excluding hydrogens is 204 g/mol. The van der Waals surface area contributed by atoms with Crippen molar-refractivity contribution in [1.29, 1.82) is 0 Å². The predicted octanol–water partition coefficient (Wildman–Crippen LogP) is 3.43. The van der Waals surface area contributed by atoms with Crippen molar-refractivity contribution in [1.82, 2.24) is 0 Å². The molecule has 0 aliphatic carbocycles. The highest BCUT2D eigenvalue weighted by Gasteiger charge is 2.06. The van der Waals surface area contributed by atoms with E-state index in [2.05, 4.69) is 26.0 Å². The second-order valence-electron chi connectivity index (χ2n) is 3.60. The van der Waals surface area contributed by atoms with E-state index in [-0.39, 0.29) is 6.10 Å². The molecule has 1 aromatic carbocycles. The molecule has 0 amide bonds. The molecule has 1 atom stereocenters. The number of benzene rings is 1. The minimum absolute atomic E-state index is 0.296. The molecule has 0 spiro atoms. The van der Waals surface area contributed by atoms with Crippen LogP contribution in [0.25, 0.3) is 0 Å². The molecule has 0 bridgehead atoms. The van der Waals surface area contributed by atoms with Crippen LogP contribution in [-0.2, 0) is 6.42 Å². The molecule has 84 valence electrons. The van der Waals surface area contributed by atoms with E-state index in [0.29, 0.717) is 0 Å². The zero-order chi connectivity index (χ0) is 11.1. The van der Waals surface area contributed by atoms with Gasteiger partial charge in [-0.25, -0.2) is 0 Å². The van der Waals surface area contributed by atoms with Gasteiger partial charge in [0.2, 0.25) is 0 Å². The lowest BCUT2D eigenvalue weighted by atomic mass is 10.0. The largest absolute Gasteiger partial charge is 0.388 e. The van der Waals surface area contributed by atoms with Crippen LogP contribution in [0.5, 0.6) is 0 Å². The minimum Gasteiger partial charge on any atom is -0.388 e. The topological polar surface area (TPSA) is 20.2 Å². The van der Waals surface area contributed by atoms with Crippen LogP contribution in [0.1, 0.15) is 37.5 Å². The van der Waals surface area contributed by atoms with Gasteiger partial charge in [0, 0.05) is 0 Å². The quantitative estimate of drug-likeness (QED) is 0.747. The first-order chi connectivity index (χ1) is 7.27. The first-order valence-corrected chi connectivity index (χ1v) is 6.78. The first-order valence-electron chi connectivity index (χ1n) is 5.62. The minimum atomic E-state index is -0.296. The molecule has 0 aromatic heterocycles. The van der Waals surface area contributed by atoms with E-state index in [1.165, 1.54) is 5.56 Å². The fraction of sp³-hybridized carbons (Fsp3) is 0.538. The highest BCUT2D eigenvalue weighted by molar-refractivity contribution is 7.99. The lowest BCUT2D eigenvalue weighted by Gasteiger charge is -2.10. The van der Waals surface area contributed by atoms with E-state index in [1.807, 2.05) is 23.9 Å². The van der Waals surface area contributed by atoms with Crippen molar-refractivity contribution in [2.24, 2.45) is 0 Å². The van der Waals surface area contributed by atoms with Crippen molar-refractivity contribution in [3.63, 3.8) is 0 Å². The molecule has 0 heterocycles. The van der Waals surface area contributed by atoms with Crippen LogP contribution in [0.2, 0.25) is 0 Å². The Balaban J connectivity index is 2.46. The van der Waals surface area contributed by atoms with Gasteiger partial charge in [0.15, 0.2) is 0 Å². The normalized spacial score (nSPS) is 12.7. The molecule has 1 aromatic rings. The number of aliphatic hydroxyl groups is 1. The van der Waals surface area contributed by atoms with Crippen LogP contribution in [0.15, 0.2) is 24.3 Å². The maximum absolute atomic E-state index is 9.90. The van der Waals surface area contributed by atoms with Gasteiger partial charge in [-0.05, 0) is 35.5 Å². The first kappa shape index (κ1) is 12.6. The maximum Gasteiger partial charge on any atom is 0.0797 e. The third-order valence-corrected chi connectivity index (χ3v) is 3.45. The summed E-state index contributed by atoms with van der Waals surface area (Å²) < 4.78 is 0. The van der Waals surface area contributed by atoms with Gasteiger partial charge >= 0.3 is 0 Å². The van der Waals surface area contributed by atoms with Crippen molar-refractivity contribution in [2.45, 2.75) is 32.8 Å². The summed E-state index contributed by atoms with van der Waals surface area (Å²) in [6.45, 7) is 4.29. The molecular formula is C13H20OS. The van der Waals surface area contributed by atoms with Gasteiger partial charge < -0.3 is 5.11 Å². The molecule has 0 aliphatic rings. The van der Waals surface area contributed by atoms with Crippen LogP contribution in [0.4, 0.5) is 0 Å². The molecule has 1 unspecified atom stereocenters. The van der Waals surface area contributed by atoms with Crippen molar-refractivity contribution in [2.75, 3.05) is 11.5 Å². The predicted molar refractivity (Wildman–Crippen MR) is 68.4 cm³/mol. The number of hydrogen-bond donors (Lipinski definition) is 1. The van der Waals surface area contributed by atoms with Gasteiger partial charge in [0.25, 0.3) is 0 Å². The summed E-state index contributed by atoms with van der Waals surface area (Å²) in [5, 5.41) is 9.90. The fourth-order valence-corrected chi connectivity index (χ4v) is 2.16. The van der Waals surface area contributed by atoms with E-state index >= 15 is 0 Å². The summed E-state index contributed by atoms with van der Waals surface area (Å²) in [6.07, 6.45) is 1.61. The molecule has 1 nitrogen and oxygen atoms in total. The van der Waals surface area contributed by atoms with Crippen LogP contribution in [-0.4, -0.2) is 16.6 Å². The van der Waals surface area contributed by atoms with Gasteiger partial charge in [-0.1, -0.05) is 38.1 Å². The molecule has 0 saturated heterocycles. The zero-order valence-corrected chi connectivity index (χ0v) is 10.4. The highest BCUT2D eigenvalue weighted by atomic mass is 32.2. The molecule has 0 fully saturated rings. The maximum atomic E-state index is 9.90. The van der Waals surface area contributed by atoms with Gasteiger partial charge in [-0.3, -0.25) is 0 Å². The number of hydrogen-bond acceptors (Lipinski definition) is 2. The number of thioether (sulfide) groups is 1. The lowest BCUT2D eigenvalue weighted by molar-refractivity contribution is 0.175.